The van der Waals surface area contributed by atoms with E-state index in [0.29, 0.717) is 12.8 Å². The Bertz CT molecular complexity index is 267. The molecule has 0 aromatic carbocycles. The number of carbonyl (C=O) groups is 1. The van der Waals surface area contributed by atoms with Crippen LogP contribution in [0.4, 0.5) is 0 Å². The van der Waals surface area contributed by atoms with Gasteiger partial charge in [-0.05, 0) is 38.0 Å². The average molecular weight is 222 g/mol. The maximum atomic E-state index is 11.4. The molecule has 1 rings (SSSR count). The van der Waals surface area contributed by atoms with Crippen LogP contribution in [0.1, 0.15) is 58.3 Å². The summed E-state index contributed by atoms with van der Waals surface area (Å²) in [6.45, 7) is 2.19. The summed E-state index contributed by atoms with van der Waals surface area (Å²) in [5.41, 5.74) is -0.517. The fourth-order valence-corrected chi connectivity index (χ4v) is 2.81. The Hall–Kier alpha value is -0.970. The molecule has 0 radical (unpaired) electrons. The quantitative estimate of drug-likeness (QED) is 0.723. The Morgan fingerprint density at radius 3 is 2.56 bits per heavy atom. The van der Waals surface area contributed by atoms with Crippen molar-refractivity contribution in [2.24, 2.45) is 11.3 Å². The van der Waals surface area contributed by atoms with Crippen molar-refractivity contribution in [3.8, 4) is 12.3 Å². The fraction of sp³-hybridized carbons (Fsp3) is 0.786. The summed E-state index contributed by atoms with van der Waals surface area (Å²) in [4.78, 5) is 11.4. The highest BCUT2D eigenvalue weighted by Crippen LogP contribution is 2.43. The molecular formula is C14H22O2. The summed E-state index contributed by atoms with van der Waals surface area (Å²) >= 11 is 0. The molecule has 0 unspecified atom stereocenters. The van der Waals surface area contributed by atoms with Gasteiger partial charge in [0, 0.05) is 6.42 Å². The van der Waals surface area contributed by atoms with Gasteiger partial charge in [0.25, 0.3) is 0 Å². The van der Waals surface area contributed by atoms with Crippen LogP contribution in [-0.4, -0.2) is 11.1 Å². The summed E-state index contributed by atoms with van der Waals surface area (Å²) in [5.74, 6) is 2.67. The van der Waals surface area contributed by atoms with Crippen molar-refractivity contribution >= 4 is 5.97 Å². The molecule has 0 bridgehead atoms. The van der Waals surface area contributed by atoms with Crippen LogP contribution in [0.5, 0.6) is 0 Å². The molecule has 1 aliphatic rings. The van der Waals surface area contributed by atoms with E-state index in [-0.39, 0.29) is 0 Å². The number of hydrogen-bond donors (Lipinski definition) is 1. The molecule has 2 heteroatoms. The van der Waals surface area contributed by atoms with Crippen LogP contribution in [0.15, 0.2) is 0 Å². The highest BCUT2D eigenvalue weighted by molar-refractivity contribution is 5.74. The van der Waals surface area contributed by atoms with Gasteiger partial charge in [0.05, 0.1) is 5.41 Å². The topological polar surface area (TPSA) is 37.3 Å². The maximum Gasteiger partial charge on any atom is 0.309 e. The lowest BCUT2D eigenvalue weighted by Crippen LogP contribution is -2.35. The van der Waals surface area contributed by atoms with Crippen LogP contribution in [0.25, 0.3) is 0 Å². The predicted molar refractivity (Wildman–Crippen MR) is 65.0 cm³/mol. The monoisotopic (exact) mass is 222 g/mol. The van der Waals surface area contributed by atoms with Gasteiger partial charge in [-0.15, -0.1) is 12.3 Å². The molecule has 1 N–H and O–H groups in total. The Kier molecular flexibility index (Phi) is 4.86. The third-order valence-corrected chi connectivity index (χ3v) is 3.96. The molecule has 1 saturated carbocycles. The van der Waals surface area contributed by atoms with E-state index in [9.17, 15) is 9.90 Å². The third kappa shape index (κ3) is 3.01. The largest absolute Gasteiger partial charge is 0.481 e. The lowest BCUT2D eigenvalue weighted by Gasteiger charge is -2.36. The minimum atomic E-state index is -0.641. The zero-order valence-electron chi connectivity index (χ0n) is 10.2. The van der Waals surface area contributed by atoms with Crippen molar-refractivity contribution < 1.29 is 9.90 Å². The minimum Gasteiger partial charge on any atom is -0.481 e. The minimum absolute atomic E-state index is 0.517. The first kappa shape index (κ1) is 13.1. The number of hydrogen-bond acceptors (Lipinski definition) is 1. The smallest absolute Gasteiger partial charge is 0.309 e. The summed E-state index contributed by atoms with van der Waals surface area (Å²) in [6.07, 6.45) is 12.7. The highest BCUT2D eigenvalue weighted by atomic mass is 16.4. The fourth-order valence-electron chi connectivity index (χ4n) is 2.81. The van der Waals surface area contributed by atoms with Crippen LogP contribution in [-0.2, 0) is 4.79 Å². The van der Waals surface area contributed by atoms with Crippen molar-refractivity contribution in [2.45, 2.75) is 58.3 Å². The van der Waals surface area contributed by atoms with Crippen molar-refractivity contribution in [1.29, 1.82) is 0 Å². The van der Waals surface area contributed by atoms with Gasteiger partial charge in [0.2, 0.25) is 0 Å². The van der Waals surface area contributed by atoms with Gasteiger partial charge >= 0.3 is 5.97 Å². The first-order chi connectivity index (χ1) is 7.64. The normalized spacial score (nSPS) is 29.6. The SMILES string of the molecule is C#CCCC1(C(=O)O)CCC(CCC)CC1. The Labute approximate surface area is 98.4 Å². The molecule has 0 spiro atoms. The van der Waals surface area contributed by atoms with Gasteiger partial charge in [0.1, 0.15) is 0 Å². The molecule has 0 aromatic rings. The third-order valence-electron chi connectivity index (χ3n) is 3.96. The van der Waals surface area contributed by atoms with E-state index in [1.807, 2.05) is 0 Å². The first-order valence-corrected chi connectivity index (χ1v) is 6.31. The zero-order chi connectivity index (χ0) is 12.0. The van der Waals surface area contributed by atoms with E-state index in [0.717, 1.165) is 31.6 Å². The second kappa shape index (κ2) is 5.94. The Morgan fingerprint density at radius 1 is 1.50 bits per heavy atom. The number of carboxylic acid groups (broad SMARTS) is 1. The zero-order valence-corrected chi connectivity index (χ0v) is 10.2. The van der Waals surface area contributed by atoms with Gasteiger partial charge in [0.15, 0.2) is 0 Å². The van der Waals surface area contributed by atoms with Gasteiger partial charge < -0.3 is 5.11 Å². The Morgan fingerprint density at radius 2 is 2.12 bits per heavy atom. The molecule has 90 valence electrons. The summed E-state index contributed by atoms with van der Waals surface area (Å²) in [7, 11) is 0. The predicted octanol–water partition coefficient (Wildman–Crippen LogP) is 3.46. The maximum absolute atomic E-state index is 11.4. The van der Waals surface area contributed by atoms with Crippen molar-refractivity contribution in [3.05, 3.63) is 0 Å². The molecule has 16 heavy (non-hydrogen) atoms. The van der Waals surface area contributed by atoms with Gasteiger partial charge in [-0.1, -0.05) is 19.8 Å². The molecule has 1 aliphatic carbocycles. The highest BCUT2D eigenvalue weighted by Gasteiger charge is 2.40. The standard InChI is InChI=1S/C14H22O2/c1-3-5-9-14(13(15)16)10-7-12(6-4-2)8-11-14/h1,12H,4-11H2,2H3,(H,15,16). The van der Waals surface area contributed by atoms with Crippen LogP contribution in [0.3, 0.4) is 0 Å². The number of aliphatic carboxylic acids is 1. The van der Waals surface area contributed by atoms with Crippen LogP contribution < -0.4 is 0 Å². The lowest BCUT2D eigenvalue weighted by molar-refractivity contribution is -0.152. The Balaban J connectivity index is 2.56. The van der Waals surface area contributed by atoms with E-state index in [1.165, 1.54) is 12.8 Å². The molecule has 0 amide bonds. The number of rotatable bonds is 5. The number of terminal acetylenes is 1. The molecular weight excluding hydrogens is 200 g/mol. The van der Waals surface area contributed by atoms with Gasteiger partial charge in [-0.2, -0.15) is 0 Å². The summed E-state index contributed by atoms with van der Waals surface area (Å²) in [5, 5.41) is 9.36. The van der Waals surface area contributed by atoms with E-state index < -0.39 is 11.4 Å². The van der Waals surface area contributed by atoms with Crippen molar-refractivity contribution in [2.75, 3.05) is 0 Å². The van der Waals surface area contributed by atoms with Crippen LogP contribution in [0, 0.1) is 23.7 Å². The molecule has 0 saturated heterocycles. The van der Waals surface area contributed by atoms with Gasteiger partial charge in [-0.25, -0.2) is 0 Å². The van der Waals surface area contributed by atoms with Crippen LogP contribution in [0.2, 0.25) is 0 Å². The van der Waals surface area contributed by atoms with Crippen molar-refractivity contribution in [1.82, 2.24) is 0 Å². The van der Waals surface area contributed by atoms with E-state index >= 15 is 0 Å². The van der Waals surface area contributed by atoms with Gasteiger partial charge in [-0.3, -0.25) is 4.79 Å². The van der Waals surface area contributed by atoms with Crippen molar-refractivity contribution in [3.63, 3.8) is 0 Å². The molecule has 0 heterocycles. The van der Waals surface area contributed by atoms with E-state index in [2.05, 4.69) is 12.8 Å². The molecule has 2 nitrogen and oxygen atoms in total. The second-order valence-electron chi connectivity index (χ2n) is 5.02. The lowest BCUT2D eigenvalue weighted by atomic mass is 9.67. The average Bonchev–Trinajstić information content (AvgIpc) is 2.28. The molecule has 0 aromatic heterocycles. The summed E-state index contributed by atoms with van der Waals surface area (Å²) in [6, 6.07) is 0. The first-order valence-electron chi connectivity index (χ1n) is 6.31. The number of carboxylic acids is 1. The summed E-state index contributed by atoms with van der Waals surface area (Å²) < 4.78 is 0. The molecule has 0 aliphatic heterocycles. The van der Waals surface area contributed by atoms with E-state index in [4.69, 9.17) is 6.42 Å². The van der Waals surface area contributed by atoms with Crippen LogP contribution >= 0.6 is 0 Å². The molecule has 0 atom stereocenters. The second-order valence-corrected chi connectivity index (χ2v) is 5.02. The van der Waals surface area contributed by atoms with E-state index in [1.54, 1.807) is 0 Å². The molecule has 1 fully saturated rings.